The number of benzene rings is 1. The van der Waals surface area contributed by atoms with Crippen molar-refractivity contribution in [3.05, 3.63) is 52.5 Å². The van der Waals surface area contributed by atoms with Gasteiger partial charge in [-0.3, -0.25) is 0 Å². The minimum Gasteiger partial charge on any atom is -0.387 e. The lowest BCUT2D eigenvalue weighted by Gasteiger charge is -2.15. The molecule has 90 valence electrons. The van der Waals surface area contributed by atoms with E-state index in [0.717, 1.165) is 10.6 Å². The molecular weight excluding hydrogens is 232 g/mol. The third-order valence-electron chi connectivity index (χ3n) is 2.62. The average Bonchev–Trinajstić information content (AvgIpc) is 2.90. The Hall–Kier alpha value is -1.23. The number of nitrogens with one attached hydrogen (secondary N) is 1. The van der Waals surface area contributed by atoms with Crippen molar-refractivity contribution in [3.63, 3.8) is 0 Å². The van der Waals surface area contributed by atoms with E-state index in [9.17, 15) is 5.11 Å². The molecule has 0 radical (unpaired) electrons. The normalized spacial score (nSPS) is 14.5. The summed E-state index contributed by atoms with van der Waals surface area (Å²) in [6.45, 7) is 2.58. The smallest absolute Gasteiger partial charge is 0.109 e. The number of thiazole rings is 1. The summed E-state index contributed by atoms with van der Waals surface area (Å²) in [6, 6.07) is 9.85. The highest BCUT2D eigenvalue weighted by Gasteiger charge is 2.11. The van der Waals surface area contributed by atoms with Gasteiger partial charge in [0, 0.05) is 18.1 Å². The molecule has 0 aliphatic carbocycles. The highest BCUT2D eigenvalue weighted by Crippen LogP contribution is 2.16. The lowest BCUT2D eigenvalue weighted by Crippen LogP contribution is -2.24. The molecule has 2 rings (SSSR count). The van der Waals surface area contributed by atoms with Crippen molar-refractivity contribution in [3.8, 4) is 0 Å². The molecule has 0 aliphatic heterocycles. The van der Waals surface area contributed by atoms with Gasteiger partial charge in [-0.1, -0.05) is 30.3 Å². The van der Waals surface area contributed by atoms with Gasteiger partial charge in [0.05, 0.1) is 12.1 Å². The fourth-order valence-corrected chi connectivity index (χ4v) is 2.29. The van der Waals surface area contributed by atoms with Crippen LogP contribution in [-0.4, -0.2) is 16.6 Å². The molecule has 0 aliphatic rings. The van der Waals surface area contributed by atoms with Crippen LogP contribution in [0, 0.1) is 0 Å². The third kappa shape index (κ3) is 3.36. The molecule has 4 heteroatoms. The van der Waals surface area contributed by atoms with Gasteiger partial charge in [-0.15, -0.1) is 11.3 Å². The minimum absolute atomic E-state index is 0.174. The quantitative estimate of drug-likeness (QED) is 0.854. The van der Waals surface area contributed by atoms with E-state index in [1.807, 2.05) is 35.7 Å². The van der Waals surface area contributed by atoms with Crippen LogP contribution in [0.2, 0.25) is 0 Å². The summed E-state index contributed by atoms with van der Waals surface area (Å²) >= 11 is 1.62. The second-order valence-corrected chi connectivity index (χ2v) is 4.85. The standard InChI is InChI=1S/C13H16N2OS/c1-10(13-14-7-8-17-13)15-9-12(16)11-5-3-2-4-6-11/h2-8,10,12,15-16H,9H2,1H3. The fourth-order valence-electron chi connectivity index (χ4n) is 1.62. The maximum atomic E-state index is 9.99. The van der Waals surface area contributed by atoms with E-state index in [2.05, 4.69) is 17.2 Å². The first-order valence-electron chi connectivity index (χ1n) is 5.63. The second-order valence-electron chi connectivity index (χ2n) is 3.93. The summed E-state index contributed by atoms with van der Waals surface area (Å²) in [5, 5.41) is 16.3. The first-order valence-corrected chi connectivity index (χ1v) is 6.51. The Labute approximate surface area is 105 Å². The van der Waals surface area contributed by atoms with Crippen LogP contribution in [0.25, 0.3) is 0 Å². The zero-order chi connectivity index (χ0) is 12.1. The SMILES string of the molecule is CC(NCC(O)c1ccccc1)c1nccs1. The minimum atomic E-state index is -0.474. The van der Waals surface area contributed by atoms with Crippen molar-refractivity contribution in [1.82, 2.24) is 10.3 Å². The maximum absolute atomic E-state index is 9.99. The van der Waals surface area contributed by atoms with Crippen molar-refractivity contribution in [2.24, 2.45) is 0 Å². The highest BCUT2D eigenvalue weighted by molar-refractivity contribution is 7.09. The van der Waals surface area contributed by atoms with Crippen LogP contribution in [0.5, 0.6) is 0 Å². The predicted molar refractivity (Wildman–Crippen MR) is 69.9 cm³/mol. The van der Waals surface area contributed by atoms with Crippen molar-refractivity contribution < 1.29 is 5.11 Å². The first-order chi connectivity index (χ1) is 8.27. The molecule has 1 heterocycles. The summed E-state index contributed by atoms with van der Waals surface area (Å²) in [6.07, 6.45) is 1.32. The molecule has 1 aromatic heterocycles. The van der Waals surface area contributed by atoms with Gasteiger partial charge in [-0.05, 0) is 12.5 Å². The maximum Gasteiger partial charge on any atom is 0.109 e. The largest absolute Gasteiger partial charge is 0.387 e. The molecular formula is C13H16N2OS. The molecule has 3 nitrogen and oxygen atoms in total. The van der Waals surface area contributed by atoms with E-state index in [0.29, 0.717) is 6.54 Å². The molecule has 0 spiro atoms. The topological polar surface area (TPSA) is 45.1 Å². The Balaban J connectivity index is 1.86. The lowest BCUT2D eigenvalue weighted by molar-refractivity contribution is 0.171. The van der Waals surface area contributed by atoms with Gasteiger partial charge in [0.2, 0.25) is 0 Å². The van der Waals surface area contributed by atoms with Gasteiger partial charge in [0.15, 0.2) is 0 Å². The van der Waals surface area contributed by atoms with Crippen molar-refractivity contribution >= 4 is 11.3 Å². The Bertz CT molecular complexity index is 430. The van der Waals surface area contributed by atoms with Crippen LogP contribution in [0.3, 0.4) is 0 Å². The second kappa shape index (κ2) is 5.91. The number of nitrogens with zero attached hydrogens (tertiary/aromatic N) is 1. The van der Waals surface area contributed by atoms with Crippen molar-refractivity contribution in [2.45, 2.75) is 19.1 Å². The number of rotatable bonds is 5. The average molecular weight is 248 g/mol. The molecule has 0 bridgehead atoms. The molecule has 0 saturated carbocycles. The highest BCUT2D eigenvalue weighted by atomic mass is 32.1. The van der Waals surface area contributed by atoms with Crippen LogP contribution in [0.1, 0.15) is 29.6 Å². The van der Waals surface area contributed by atoms with Gasteiger partial charge < -0.3 is 10.4 Å². The molecule has 0 amide bonds. The van der Waals surface area contributed by atoms with Crippen LogP contribution in [0.15, 0.2) is 41.9 Å². The molecule has 1 aromatic carbocycles. The van der Waals surface area contributed by atoms with Crippen molar-refractivity contribution in [2.75, 3.05) is 6.54 Å². The number of aliphatic hydroxyl groups is 1. The van der Waals surface area contributed by atoms with E-state index in [4.69, 9.17) is 0 Å². The van der Waals surface area contributed by atoms with Gasteiger partial charge in [-0.2, -0.15) is 0 Å². The Morgan fingerprint density at radius 2 is 2.12 bits per heavy atom. The van der Waals surface area contributed by atoms with Gasteiger partial charge in [-0.25, -0.2) is 4.98 Å². The summed E-state index contributed by atoms with van der Waals surface area (Å²) in [4.78, 5) is 4.24. The number of hydrogen-bond acceptors (Lipinski definition) is 4. The zero-order valence-corrected chi connectivity index (χ0v) is 10.5. The summed E-state index contributed by atoms with van der Waals surface area (Å²) in [7, 11) is 0. The van der Waals surface area contributed by atoms with E-state index in [1.165, 1.54) is 0 Å². The van der Waals surface area contributed by atoms with E-state index >= 15 is 0 Å². The summed E-state index contributed by atoms with van der Waals surface area (Å²) in [5.41, 5.74) is 0.936. The van der Waals surface area contributed by atoms with E-state index in [-0.39, 0.29) is 6.04 Å². The lowest BCUT2D eigenvalue weighted by atomic mass is 10.1. The van der Waals surface area contributed by atoms with Crippen LogP contribution >= 0.6 is 11.3 Å². The third-order valence-corrected chi connectivity index (χ3v) is 3.58. The molecule has 2 atom stereocenters. The first kappa shape index (κ1) is 12.2. The zero-order valence-electron chi connectivity index (χ0n) is 9.71. The fraction of sp³-hybridized carbons (Fsp3) is 0.308. The Morgan fingerprint density at radius 1 is 1.35 bits per heavy atom. The molecule has 17 heavy (non-hydrogen) atoms. The monoisotopic (exact) mass is 248 g/mol. The van der Waals surface area contributed by atoms with Gasteiger partial charge in [0.25, 0.3) is 0 Å². The number of aromatic nitrogens is 1. The van der Waals surface area contributed by atoms with E-state index in [1.54, 1.807) is 17.5 Å². The van der Waals surface area contributed by atoms with Crippen molar-refractivity contribution in [1.29, 1.82) is 0 Å². The molecule has 0 fully saturated rings. The Kier molecular flexibility index (Phi) is 4.25. The molecule has 2 aromatic rings. The summed E-state index contributed by atoms with van der Waals surface area (Å²) in [5.74, 6) is 0. The van der Waals surface area contributed by atoms with Crippen LogP contribution < -0.4 is 5.32 Å². The predicted octanol–water partition coefficient (Wildman–Crippen LogP) is 2.53. The van der Waals surface area contributed by atoms with Gasteiger partial charge in [0.1, 0.15) is 5.01 Å². The molecule has 2 N–H and O–H groups in total. The Morgan fingerprint density at radius 3 is 2.76 bits per heavy atom. The molecule has 2 unspecified atom stereocenters. The van der Waals surface area contributed by atoms with Crippen LogP contribution in [0.4, 0.5) is 0 Å². The number of hydrogen-bond donors (Lipinski definition) is 2. The van der Waals surface area contributed by atoms with Gasteiger partial charge >= 0.3 is 0 Å². The number of aliphatic hydroxyl groups excluding tert-OH is 1. The summed E-state index contributed by atoms with van der Waals surface area (Å²) < 4.78 is 0. The van der Waals surface area contributed by atoms with E-state index < -0.39 is 6.10 Å². The van der Waals surface area contributed by atoms with Crippen LogP contribution in [-0.2, 0) is 0 Å². The molecule has 0 saturated heterocycles.